The van der Waals surface area contributed by atoms with Gasteiger partial charge in [-0.3, -0.25) is 0 Å². The van der Waals surface area contributed by atoms with Gasteiger partial charge in [0.15, 0.2) is 11.5 Å². The lowest BCUT2D eigenvalue weighted by Gasteiger charge is -2.23. The minimum atomic E-state index is -0.0541. The summed E-state index contributed by atoms with van der Waals surface area (Å²) < 4.78 is 12.4. The monoisotopic (exact) mass is 355 g/mol. The SMILES string of the molecule is OCC(NC1CCCC1)c1cc(Br)c2c(c1)OCCCO2. The van der Waals surface area contributed by atoms with Crippen LogP contribution in [-0.2, 0) is 0 Å². The molecule has 1 heterocycles. The summed E-state index contributed by atoms with van der Waals surface area (Å²) in [4.78, 5) is 0. The zero-order chi connectivity index (χ0) is 14.7. The molecule has 4 nitrogen and oxygen atoms in total. The first-order valence-corrected chi connectivity index (χ1v) is 8.53. The molecule has 1 aliphatic heterocycles. The average Bonchev–Trinajstić information content (AvgIpc) is 2.88. The standard InChI is InChI=1S/C16H22BrNO3/c17-13-8-11(9-15-16(13)21-7-3-6-20-15)14(10-19)18-12-4-1-2-5-12/h8-9,12,14,18-19H,1-7,10H2. The summed E-state index contributed by atoms with van der Waals surface area (Å²) in [5.41, 5.74) is 1.04. The highest BCUT2D eigenvalue weighted by atomic mass is 79.9. The minimum Gasteiger partial charge on any atom is -0.490 e. The van der Waals surface area contributed by atoms with Crippen molar-refractivity contribution in [3.05, 3.63) is 22.2 Å². The van der Waals surface area contributed by atoms with E-state index in [1.807, 2.05) is 12.1 Å². The highest BCUT2D eigenvalue weighted by Gasteiger charge is 2.23. The van der Waals surface area contributed by atoms with Crippen molar-refractivity contribution in [2.75, 3.05) is 19.8 Å². The van der Waals surface area contributed by atoms with Crippen molar-refractivity contribution in [2.45, 2.75) is 44.2 Å². The van der Waals surface area contributed by atoms with Gasteiger partial charge in [-0.15, -0.1) is 0 Å². The number of rotatable bonds is 4. The Kier molecular flexibility index (Phi) is 5.03. The van der Waals surface area contributed by atoms with Gasteiger partial charge in [-0.05, 0) is 46.5 Å². The zero-order valence-corrected chi connectivity index (χ0v) is 13.7. The molecule has 1 unspecified atom stereocenters. The highest BCUT2D eigenvalue weighted by molar-refractivity contribution is 9.10. The number of ether oxygens (including phenoxy) is 2. The molecule has 0 bridgehead atoms. The fourth-order valence-electron chi connectivity index (χ4n) is 3.08. The Morgan fingerprint density at radius 3 is 2.71 bits per heavy atom. The number of benzene rings is 1. The van der Waals surface area contributed by atoms with E-state index in [1.54, 1.807) is 0 Å². The van der Waals surface area contributed by atoms with Gasteiger partial charge < -0.3 is 19.9 Å². The number of nitrogens with one attached hydrogen (secondary N) is 1. The van der Waals surface area contributed by atoms with E-state index in [0.29, 0.717) is 19.3 Å². The quantitative estimate of drug-likeness (QED) is 0.870. The molecule has 0 radical (unpaired) electrons. The van der Waals surface area contributed by atoms with E-state index in [1.165, 1.54) is 25.7 Å². The first-order valence-electron chi connectivity index (χ1n) is 7.74. The molecular weight excluding hydrogens is 334 g/mol. The minimum absolute atomic E-state index is 0.0541. The highest BCUT2D eigenvalue weighted by Crippen LogP contribution is 2.39. The summed E-state index contributed by atoms with van der Waals surface area (Å²) in [6.07, 6.45) is 5.84. The van der Waals surface area contributed by atoms with Crippen molar-refractivity contribution in [3.8, 4) is 11.5 Å². The third kappa shape index (κ3) is 3.52. The van der Waals surface area contributed by atoms with Gasteiger partial charge in [0.1, 0.15) is 0 Å². The summed E-state index contributed by atoms with van der Waals surface area (Å²) in [5, 5.41) is 13.3. The number of fused-ring (bicyclic) bond motifs is 1. The summed E-state index contributed by atoms with van der Waals surface area (Å²) in [6.45, 7) is 1.43. The van der Waals surface area contributed by atoms with Crippen LogP contribution in [0.25, 0.3) is 0 Å². The maximum absolute atomic E-state index is 9.74. The van der Waals surface area contributed by atoms with E-state index in [9.17, 15) is 5.11 Å². The predicted octanol–water partition coefficient (Wildman–Crippen LogP) is 3.18. The molecule has 1 aliphatic carbocycles. The first kappa shape index (κ1) is 15.1. The van der Waals surface area contributed by atoms with Crippen molar-refractivity contribution in [1.82, 2.24) is 5.32 Å². The molecule has 0 aromatic heterocycles. The Labute approximate surface area is 134 Å². The van der Waals surface area contributed by atoms with Crippen LogP contribution in [0.5, 0.6) is 11.5 Å². The number of hydrogen-bond acceptors (Lipinski definition) is 4. The van der Waals surface area contributed by atoms with Crippen molar-refractivity contribution in [2.24, 2.45) is 0 Å². The van der Waals surface area contributed by atoms with Crippen molar-refractivity contribution in [3.63, 3.8) is 0 Å². The molecule has 2 aliphatic rings. The van der Waals surface area contributed by atoms with Gasteiger partial charge in [-0.2, -0.15) is 0 Å². The van der Waals surface area contributed by atoms with Crippen molar-refractivity contribution >= 4 is 15.9 Å². The molecule has 1 saturated carbocycles. The zero-order valence-electron chi connectivity index (χ0n) is 12.1. The molecule has 3 rings (SSSR count). The van der Waals surface area contributed by atoms with Gasteiger partial charge >= 0.3 is 0 Å². The van der Waals surface area contributed by atoms with E-state index < -0.39 is 0 Å². The van der Waals surface area contributed by atoms with Crippen LogP contribution in [0.15, 0.2) is 16.6 Å². The second kappa shape index (κ2) is 6.99. The molecular formula is C16H22BrNO3. The van der Waals surface area contributed by atoms with Crippen LogP contribution in [0.1, 0.15) is 43.7 Å². The topological polar surface area (TPSA) is 50.7 Å². The summed E-state index contributed by atoms with van der Waals surface area (Å²) in [7, 11) is 0. The van der Waals surface area contributed by atoms with Crippen LogP contribution < -0.4 is 14.8 Å². The molecule has 116 valence electrons. The van der Waals surface area contributed by atoms with Gasteiger partial charge in [0.05, 0.1) is 30.3 Å². The van der Waals surface area contributed by atoms with E-state index in [-0.39, 0.29) is 12.6 Å². The molecule has 1 aromatic rings. The fourth-order valence-corrected chi connectivity index (χ4v) is 3.66. The molecule has 1 aromatic carbocycles. The maximum atomic E-state index is 9.74. The van der Waals surface area contributed by atoms with E-state index in [4.69, 9.17) is 9.47 Å². The lowest BCUT2D eigenvalue weighted by atomic mass is 10.1. The van der Waals surface area contributed by atoms with E-state index in [0.717, 1.165) is 28.0 Å². The smallest absolute Gasteiger partial charge is 0.175 e. The van der Waals surface area contributed by atoms with Crippen molar-refractivity contribution in [1.29, 1.82) is 0 Å². The Morgan fingerprint density at radius 2 is 1.95 bits per heavy atom. The second-order valence-corrected chi connectivity index (χ2v) is 6.62. The Hall–Kier alpha value is -0.780. The van der Waals surface area contributed by atoms with Gasteiger partial charge in [0.25, 0.3) is 0 Å². The van der Waals surface area contributed by atoms with Crippen LogP contribution in [-0.4, -0.2) is 31.0 Å². The lowest BCUT2D eigenvalue weighted by Crippen LogP contribution is -2.32. The van der Waals surface area contributed by atoms with Gasteiger partial charge in [0, 0.05) is 12.5 Å². The second-order valence-electron chi connectivity index (χ2n) is 5.76. The van der Waals surface area contributed by atoms with Gasteiger partial charge in [-0.1, -0.05) is 12.8 Å². The largest absolute Gasteiger partial charge is 0.490 e. The molecule has 5 heteroatoms. The molecule has 1 fully saturated rings. The first-order chi connectivity index (χ1) is 10.3. The van der Waals surface area contributed by atoms with Gasteiger partial charge in [-0.25, -0.2) is 0 Å². The Bertz CT molecular complexity index is 489. The van der Waals surface area contributed by atoms with Crippen LogP contribution in [0.3, 0.4) is 0 Å². The van der Waals surface area contributed by atoms with Crippen LogP contribution in [0, 0.1) is 0 Å². The number of aliphatic hydroxyl groups excluding tert-OH is 1. The molecule has 0 spiro atoms. The van der Waals surface area contributed by atoms with E-state index >= 15 is 0 Å². The summed E-state index contributed by atoms with van der Waals surface area (Å²) >= 11 is 3.56. The number of halogens is 1. The third-order valence-electron chi connectivity index (χ3n) is 4.20. The van der Waals surface area contributed by atoms with Gasteiger partial charge in [0.2, 0.25) is 0 Å². The van der Waals surface area contributed by atoms with Crippen LogP contribution in [0.2, 0.25) is 0 Å². The molecule has 0 amide bonds. The third-order valence-corrected chi connectivity index (χ3v) is 4.79. The van der Waals surface area contributed by atoms with Crippen molar-refractivity contribution < 1.29 is 14.6 Å². The van der Waals surface area contributed by atoms with Crippen LogP contribution >= 0.6 is 15.9 Å². The number of hydrogen-bond donors (Lipinski definition) is 2. The Morgan fingerprint density at radius 1 is 1.19 bits per heavy atom. The molecule has 2 N–H and O–H groups in total. The molecule has 0 saturated heterocycles. The summed E-state index contributed by atoms with van der Waals surface area (Å²) in [6, 6.07) is 4.48. The molecule has 1 atom stereocenters. The summed E-state index contributed by atoms with van der Waals surface area (Å²) in [5.74, 6) is 1.54. The lowest BCUT2D eigenvalue weighted by molar-refractivity contribution is 0.232. The van der Waals surface area contributed by atoms with E-state index in [2.05, 4.69) is 21.2 Å². The molecule has 21 heavy (non-hydrogen) atoms. The Balaban J connectivity index is 1.82. The normalized spacial score (nSPS) is 20.3. The fraction of sp³-hybridized carbons (Fsp3) is 0.625. The maximum Gasteiger partial charge on any atom is 0.175 e. The predicted molar refractivity (Wildman–Crippen MR) is 85.0 cm³/mol. The number of aliphatic hydroxyl groups is 1. The van der Waals surface area contributed by atoms with Crippen LogP contribution in [0.4, 0.5) is 0 Å². The average molecular weight is 356 g/mol.